The molecule has 7 heteroatoms. The molecule has 0 radical (unpaired) electrons. The second-order valence-corrected chi connectivity index (χ2v) is 7.19. The van der Waals surface area contributed by atoms with E-state index < -0.39 is 0 Å². The smallest absolute Gasteiger partial charge is 0.141 e. The SMILES string of the molecule is Cc1c(C#N)cnc2c1CCCC2Oc1ccc(C=N)c(Nc2cnn(C)c2)c1. The number of nitrogens with zero attached hydrogens (tertiary/aromatic N) is 4. The Labute approximate surface area is 169 Å². The molecule has 0 aliphatic heterocycles. The van der Waals surface area contributed by atoms with Crippen LogP contribution in [0.1, 0.15) is 46.9 Å². The molecule has 3 aromatic rings. The molecule has 0 amide bonds. The van der Waals surface area contributed by atoms with Gasteiger partial charge in [0.05, 0.1) is 28.8 Å². The van der Waals surface area contributed by atoms with E-state index in [2.05, 4.69) is 21.5 Å². The lowest BCUT2D eigenvalue weighted by Crippen LogP contribution is -2.18. The zero-order chi connectivity index (χ0) is 20.4. The molecule has 1 aliphatic carbocycles. The Morgan fingerprint density at radius 2 is 2.24 bits per heavy atom. The minimum absolute atomic E-state index is 0.151. The van der Waals surface area contributed by atoms with E-state index in [1.807, 2.05) is 38.4 Å². The van der Waals surface area contributed by atoms with E-state index in [1.54, 1.807) is 17.1 Å². The third kappa shape index (κ3) is 3.69. The number of rotatable bonds is 5. The van der Waals surface area contributed by atoms with Crippen molar-refractivity contribution < 1.29 is 4.74 Å². The minimum atomic E-state index is -0.151. The molecule has 1 aliphatic rings. The average Bonchev–Trinajstić information content (AvgIpc) is 3.14. The van der Waals surface area contributed by atoms with Gasteiger partial charge in [0, 0.05) is 37.3 Å². The van der Waals surface area contributed by atoms with Crippen LogP contribution in [0, 0.1) is 23.7 Å². The molecule has 4 rings (SSSR count). The Balaban J connectivity index is 1.62. The molecule has 0 fully saturated rings. The summed E-state index contributed by atoms with van der Waals surface area (Å²) >= 11 is 0. The zero-order valence-electron chi connectivity index (χ0n) is 16.4. The number of nitriles is 1. The van der Waals surface area contributed by atoms with Gasteiger partial charge < -0.3 is 15.5 Å². The summed E-state index contributed by atoms with van der Waals surface area (Å²) in [6.07, 6.45) is 9.20. The molecule has 29 heavy (non-hydrogen) atoms. The van der Waals surface area contributed by atoms with Crippen molar-refractivity contribution in [2.24, 2.45) is 7.05 Å². The number of hydrogen-bond acceptors (Lipinski definition) is 6. The van der Waals surface area contributed by atoms with Crippen molar-refractivity contribution in [1.29, 1.82) is 10.7 Å². The highest BCUT2D eigenvalue weighted by Crippen LogP contribution is 2.36. The first-order valence-electron chi connectivity index (χ1n) is 9.54. The van der Waals surface area contributed by atoms with Gasteiger partial charge in [-0.25, -0.2) is 0 Å². The zero-order valence-corrected chi connectivity index (χ0v) is 16.4. The number of fused-ring (bicyclic) bond motifs is 1. The second kappa shape index (κ2) is 7.76. The molecule has 2 heterocycles. The first-order valence-corrected chi connectivity index (χ1v) is 9.54. The van der Waals surface area contributed by atoms with Gasteiger partial charge >= 0.3 is 0 Å². The lowest BCUT2D eigenvalue weighted by Gasteiger charge is -2.27. The summed E-state index contributed by atoms with van der Waals surface area (Å²) in [4.78, 5) is 4.54. The van der Waals surface area contributed by atoms with Gasteiger partial charge in [-0.05, 0) is 49.4 Å². The monoisotopic (exact) mass is 386 g/mol. The van der Waals surface area contributed by atoms with E-state index in [0.29, 0.717) is 11.3 Å². The minimum Gasteiger partial charge on any atom is -0.484 e. The normalized spacial score (nSPS) is 15.3. The number of ether oxygens (including phenoxy) is 1. The third-order valence-corrected chi connectivity index (χ3v) is 5.26. The lowest BCUT2D eigenvalue weighted by molar-refractivity contribution is 0.178. The predicted octanol–water partition coefficient (Wildman–Crippen LogP) is 4.19. The van der Waals surface area contributed by atoms with Gasteiger partial charge in [-0.15, -0.1) is 0 Å². The van der Waals surface area contributed by atoms with Crippen molar-refractivity contribution in [2.75, 3.05) is 5.32 Å². The van der Waals surface area contributed by atoms with E-state index in [-0.39, 0.29) is 6.10 Å². The average molecular weight is 386 g/mol. The summed E-state index contributed by atoms with van der Waals surface area (Å²) in [5, 5.41) is 24.4. The summed E-state index contributed by atoms with van der Waals surface area (Å²) < 4.78 is 8.03. The van der Waals surface area contributed by atoms with E-state index in [4.69, 9.17) is 10.1 Å². The molecular formula is C22H22N6O. The number of nitrogens with one attached hydrogen (secondary N) is 2. The van der Waals surface area contributed by atoms with E-state index in [9.17, 15) is 5.26 Å². The largest absolute Gasteiger partial charge is 0.484 e. The van der Waals surface area contributed by atoms with Crippen LogP contribution in [-0.2, 0) is 13.5 Å². The highest BCUT2D eigenvalue weighted by molar-refractivity contribution is 5.87. The molecule has 1 atom stereocenters. The third-order valence-electron chi connectivity index (χ3n) is 5.26. The molecule has 0 saturated carbocycles. The first kappa shape index (κ1) is 18.7. The number of aromatic nitrogens is 3. The second-order valence-electron chi connectivity index (χ2n) is 7.19. The molecule has 0 saturated heterocycles. The van der Waals surface area contributed by atoms with Crippen LogP contribution >= 0.6 is 0 Å². The summed E-state index contributed by atoms with van der Waals surface area (Å²) in [6.45, 7) is 1.98. The first-order chi connectivity index (χ1) is 14.1. The number of aryl methyl sites for hydroxylation is 1. The maximum absolute atomic E-state index is 9.27. The van der Waals surface area contributed by atoms with Crippen LogP contribution in [0.5, 0.6) is 5.75 Å². The molecule has 0 spiro atoms. The summed E-state index contributed by atoms with van der Waals surface area (Å²) in [6, 6.07) is 7.85. The Morgan fingerprint density at radius 3 is 2.97 bits per heavy atom. The maximum atomic E-state index is 9.27. The highest BCUT2D eigenvalue weighted by Gasteiger charge is 2.26. The molecular weight excluding hydrogens is 364 g/mol. The molecule has 2 N–H and O–H groups in total. The van der Waals surface area contributed by atoms with Crippen LogP contribution in [0.2, 0.25) is 0 Å². The van der Waals surface area contributed by atoms with E-state index >= 15 is 0 Å². The lowest BCUT2D eigenvalue weighted by atomic mass is 9.89. The van der Waals surface area contributed by atoms with Crippen molar-refractivity contribution in [3.63, 3.8) is 0 Å². The molecule has 146 valence electrons. The van der Waals surface area contributed by atoms with Crippen LogP contribution in [0.15, 0.2) is 36.8 Å². The summed E-state index contributed by atoms with van der Waals surface area (Å²) in [5.74, 6) is 0.712. The van der Waals surface area contributed by atoms with Gasteiger partial charge in [-0.3, -0.25) is 9.67 Å². The van der Waals surface area contributed by atoms with Crippen molar-refractivity contribution >= 4 is 17.6 Å². The number of hydrogen-bond donors (Lipinski definition) is 2. The Morgan fingerprint density at radius 1 is 1.38 bits per heavy atom. The van der Waals surface area contributed by atoms with Crippen molar-refractivity contribution in [3.8, 4) is 11.8 Å². The van der Waals surface area contributed by atoms with Crippen molar-refractivity contribution in [1.82, 2.24) is 14.8 Å². The maximum Gasteiger partial charge on any atom is 0.141 e. The van der Waals surface area contributed by atoms with Crippen LogP contribution in [0.25, 0.3) is 0 Å². The molecule has 0 bridgehead atoms. The van der Waals surface area contributed by atoms with Gasteiger partial charge in [0.25, 0.3) is 0 Å². The van der Waals surface area contributed by atoms with Crippen LogP contribution in [0.3, 0.4) is 0 Å². The van der Waals surface area contributed by atoms with Crippen LogP contribution in [-0.4, -0.2) is 21.0 Å². The van der Waals surface area contributed by atoms with Gasteiger partial charge in [0.15, 0.2) is 0 Å². The standard InChI is InChI=1S/C22H22N6O/c1-14-16(10-24)11-25-22-19(14)4-3-5-21(22)29-18-7-6-15(9-23)20(8-18)27-17-12-26-28(2)13-17/h6-9,11-13,21,23,27H,3-5H2,1-2H3. The molecule has 2 aromatic heterocycles. The van der Waals surface area contributed by atoms with Gasteiger partial charge in [0.2, 0.25) is 0 Å². The quantitative estimate of drug-likeness (QED) is 0.641. The highest BCUT2D eigenvalue weighted by atomic mass is 16.5. The predicted molar refractivity (Wildman–Crippen MR) is 111 cm³/mol. The summed E-state index contributed by atoms with van der Waals surface area (Å²) in [7, 11) is 1.86. The van der Waals surface area contributed by atoms with Gasteiger partial charge in [-0.1, -0.05) is 0 Å². The fraction of sp³-hybridized carbons (Fsp3) is 0.273. The van der Waals surface area contributed by atoms with Crippen molar-refractivity contribution in [2.45, 2.75) is 32.3 Å². The summed E-state index contributed by atoms with van der Waals surface area (Å²) in [5.41, 5.74) is 6.07. The van der Waals surface area contributed by atoms with Crippen LogP contribution in [0.4, 0.5) is 11.4 Å². The number of benzene rings is 1. The Hall–Kier alpha value is -3.66. The number of anilines is 2. The van der Waals surface area contributed by atoms with Gasteiger partial charge in [-0.2, -0.15) is 10.4 Å². The van der Waals surface area contributed by atoms with E-state index in [0.717, 1.165) is 53.0 Å². The number of pyridine rings is 1. The molecule has 1 unspecified atom stereocenters. The van der Waals surface area contributed by atoms with E-state index in [1.165, 1.54) is 6.21 Å². The molecule has 1 aromatic carbocycles. The van der Waals surface area contributed by atoms with Crippen molar-refractivity contribution in [3.05, 3.63) is 64.7 Å². The van der Waals surface area contributed by atoms with Gasteiger partial charge in [0.1, 0.15) is 17.9 Å². The Kier molecular flexibility index (Phi) is 5.00. The molecule has 7 nitrogen and oxygen atoms in total. The fourth-order valence-corrected chi connectivity index (χ4v) is 3.73. The fourth-order valence-electron chi connectivity index (χ4n) is 3.73. The van der Waals surface area contributed by atoms with Crippen LogP contribution < -0.4 is 10.1 Å². The topological polar surface area (TPSA) is 99.6 Å². The Bertz CT molecular complexity index is 1110.